The van der Waals surface area contributed by atoms with Crippen molar-refractivity contribution in [2.45, 2.75) is 6.92 Å². The van der Waals surface area contributed by atoms with E-state index in [9.17, 15) is 4.79 Å². The minimum Gasteiger partial charge on any atom is -0.384 e. The van der Waals surface area contributed by atoms with Gasteiger partial charge >= 0.3 is 0 Å². The van der Waals surface area contributed by atoms with Crippen LogP contribution in [0.25, 0.3) is 0 Å². The number of nitrogens with one attached hydrogen (secondary N) is 1. The first-order chi connectivity index (χ1) is 6.95. The molecule has 0 fully saturated rings. The lowest BCUT2D eigenvalue weighted by atomic mass is 10.2. The summed E-state index contributed by atoms with van der Waals surface area (Å²) in [6, 6.07) is 9.23. The SMILES string of the molecule is CC(=O)N(C)C.Cl.N=C(N)c1ccccc1. The van der Waals surface area contributed by atoms with Gasteiger partial charge in [-0.1, -0.05) is 30.3 Å². The van der Waals surface area contributed by atoms with Gasteiger partial charge in [-0.2, -0.15) is 0 Å². The summed E-state index contributed by atoms with van der Waals surface area (Å²) in [7, 11) is 3.45. The largest absolute Gasteiger partial charge is 0.384 e. The molecule has 0 spiro atoms. The molecule has 0 aromatic heterocycles. The normalized spacial score (nSPS) is 7.94. The number of hydrogen-bond acceptors (Lipinski definition) is 2. The standard InChI is InChI=1S/C7H8N2.C4H9NO.ClH/c8-7(9)6-4-2-1-3-5-6;1-4(6)5(2)3;/h1-5H,(H3,8,9);1-3H3;1H. The fraction of sp³-hybridized carbons (Fsp3) is 0.273. The molecule has 0 aliphatic carbocycles. The minimum absolute atomic E-state index is 0. The van der Waals surface area contributed by atoms with Crippen LogP contribution in [0.5, 0.6) is 0 Å². The van der Waals surface area contributed by atoms with E-state index in [1.807, 2.05) is 30.3 Å². The maximum Gasteiger partial charge on any atom is 0.218 e. The van der Waals surface area contributed by atoms with Crippen molar-refractivity contribution in [2.24, 2.45) is 5.73 Å². The summed E-state index contributed by atoms with van der Waals surface area (Å²) in [5.74, 6) is 0.214. The van der Waals surface area contributed by atoms with Gasteiger partial charge in [-0.25, -0.2) is 0 Å². The number of carbonyl (C=O) groups excluding carboxylic acids is 1. The maximum atomic E-state index is 10.1. The van der Waals surface area contributed by atoms with Gasteiger partial charge in [0.15, 0.2) is 0 Å². The van der Waals surface area contributed by atoms with Crippen LogP contribution >= 0.6 is 12.4 Å². The summed E-state index contributed by atoms with van der Waals surface area (Å²) >= 11 is 0. The molecule has 0 aliphatic heterocycles. The quantitative estimate of drug-likeness (QED) is 0.580. The zero-order chi connectivity index (χ0) is 11.8. The second-order valence-electron chi connectivity index (χ2n) is 3.19. The highest BCUT2D eigenvalue weighted by Crippen LogP contribution is 1.94. The molecule has 0 bridgehead atoms. The molecule has 0 saturated heterocycles. The van der Waals surface area contributed by atoms with Crippen molar-refractivity contribution in [3.63, 3.8) is 0 Å². The minimum atomic E-state index is 0. The van der Waals surface area contributed by atoms with E-state index in [4.69, 9.17) is 11.1 Å². The molecular formula is C11H18ClN3O. The van der Waals surface area contributed by atoms with E-state index in [2.05, 4.69) is 0 Å². The van der Waals surface area contributed by atoms with Crippen molar-refractivity contribution < 1.29 is 4.79 Å². The summed E-state index contributed by atoms with van der Waals surface area (Å²) in [4.78, 5) is 11.6. The molecular weight excluding hydrogens is 226 g/mol. The van der Waals surface area contributed by atoms with Gasteiger partial charge in [0.2, 0.25) is 5.91 Å². The summed E-state index contributed by atoms with van der Waals surface area (Å²) in [6.45, 7) is 1.53. The molecule has 3 N–H and O–H groups in total. The fourth-order valence-electron chi connectivity index (χ4n) is 0.618. The Bertz CT molecular complexity index is 325. The first-order valence-electron chi connectivity index (χ1n) is 4.52. The van der Waals surface area contributed by atoms with Crippen LogP contribution in [0, 0.1) is 5.41 Å². The van der Waals surface area contributed by atoms with E-state index in [0.717, 1.165) is 5.56 Å². The number of nitrogen functional groups attached to an aromatic ring is 1. The van der Waals surface area contributed by atoms with Crippen molar-refractivity contribution >= 4 is 24.1 Å². The summed E-state index contributed by atoms with van der Waals surface area (Å²) < 4.78 is 0. The van der Waals surface area contributed by atoms with Crippen molar-refractivity contribution in [2.75, 3.05) is 14.1 Å². The number of carbonyl (C=O) groups is 1. The van der Waals surface area contributed by atoms with Gasteiger partial charge < -0.3 is 10.6 Å². The van der Waals surface area contributed by atoms with Crippen LogP contribution < -0.4 is 5.73 Å². The molecule has 1 aromatic rings. The lowest BCUT2D eigenvalue weighted by Crippen LogP contribution is -2.17. The van der Waals surface area contributed by atoms with Gasteiger partial charge in [-0.15, -0.1) is 12.4 Å². The third-order valence-corrected chi connectivity index (χ3v) is 1.71. The van der Waals surface area contributed by atoms with Gasteiger partial charge in [0, 0.05) is 26.6 Å². The van der Waals surface area contributed by atoms with Gasteiger partial charge in [0.25, 0.3) is 0 Å². The van der Waals surface area contributed by atoms with Crippen molar-refractivity contribution in [1.82, 2.24) is 4.90 Å². The Morgan fingerprint density at radius 1 is 1.25 bits per heavy atom. The predicted octanol–water partition coefficient (Wildman–Crippen LogP) is 1.49. The number of benzene rings is 1. The number of halogens is 1. The molecule has 5 heteroatoms. The highest BCUT2D eigenvalue weighted by Gasteiger charge is 1.89. The van der Waals surface area contributed by atoms with Crippen molar-refractivity contribution in [1.29, 1.82) is 5.41 Å². The molecule has 4 nitrogen and oxygen atoms in total. The third-order valence-electron chi connectivity index (χ3n) is 1.71. The molecule has 90 valence electrons. The highest BCUT2D eigenvalue weighted by molar-refractivity contribution is 5.94. The van der Waals surface area contributed by atoms with Crippen molar-refractivity contribution in [3.05, 3.63) is 35.9 Å². The number of nitrogens with zero attached hydrogens (tertiary/aromatic N) is 1. The zero-order valence-electron chi connectivity index (χ0n) is 9.73. The fourth-order valence-corrected chi connectivity index (χ4v) is 0.618. The topological polar surface area (TPSA) is 70.2 Å². The van der Waals surface area contributed by atoms with E-state index in [-0.39, 0.29) is 24.1 Å². The molecule has 0 aliphatic rings. The molecule has 0 heterocycles. The number of amidine groups is 1. The van der Waals surface area contributed by atoms with Crippen LogP contribution in [0.15, 0.2) is 30.3 Å². The Morgan fingerprint density at radius 2 is 1.62 bits per heavy atom. The van der Waals surface area contributed by atoms with Crippen LogP contribution in [0.1, 0.15) is 12.5 Å². The first kappa shape index (κ1) is 16.9. The Labute approximate surface area is 102 Å². The van der Waals surface area contributed by atoms with E-state index in [1.54, 1.807) is 14.1 Å². The molecule has 1 amide bonds. The maximum absolute atomic E-state index is 10.1. The number of rotatable bonds is 1. The second-order valence-corrected chi connectivity index (χ2v) is 3.19. The molecule has 1 rings (SSSR count). The smallest absolute Gasteiger partial charge is 0.218 e. The summed E-state index contributed by atoms with van der Waals surface area (Å²) in [6.07, 6.45) is 0. The van der Waals surface area contributed by atoms with E-state index >= 15 is 0 Å². The monoisotopic (exact) mass is 243 g/mol. The molecule has 0 radical (unpaired) electrons. The van der Waals surface area contributed by atoms with Gasteiger partial charge in [-0.05, 0) is 0 Å². The third kappa shape index (κ3) is 7.82. The van der Waals surface area contributed by atoms with Crippen LogP contribution in [0.4, 0.5) is 0 Å². The van der Waals surface area contributed by atoms with E-state index in [1.165, 1.54) is 11.8 Å². The molecule has 0 atom stereocenters. The van der Waals surface area contributed by atoms with Gasteiger partial charge in [-0.3, -0.25) is 10.2 Å². The first-order valence-corrected chi connectivity index (χ1v) is 4.52. The van der Waals surface area contributed by atoms with Crippen LogP contribution in [0.2, 0.25) is 0 Å². The predicted molar refractivity (Wildman–Crippen MR) is 69.1 cm³/mol. The Morgan fingerprint density at radius 3 is 1.81 bits per heavy atom. The van der Waals surface area contributed by atoms with Crippen LogP contribution in [0.3, 0.4) is 0 Å². The Hall–Kier alpha value is -1.55. The van der Waals surface area contributed by atoms with E-state index < -0.39 is 0 Å². The lowest BCUT2D eigenvalue weighted by Gasteiger charge is -2.02. The average Bonchev–Trinajstić information content (AvgIpc) is 2.20. The molecule has 0 saturated carbocycles. The molecule has 0 unspecified atom stereocenters. The van der Waals surface area contributed by atoms with Gasteiger partial charge in [0.05, 0.1) is 0 Å². The number of nitrogens with two attached hydrogens (primary N) is 1. The molecule has 16 heavy (non-hydrogen) atoms. The lowest BCUT2D eigenvalue weighted by molar-refractivity contribution is -0.126. The van der Waals surface area contributed by atoms with Gasteiger partial charge in [0.1, 0.15) is 5.84 Å². The van der Waals surface area contributed by atoms with Crippen LogP contribution in [-0.4, -0.2) is 30.7 Å². The van der Waals surface area contributed by atoms with E-state index in [0.29, 0.717) is 0 Å². The Balaban J connectivity index is 0. The number of hydrogen-bond donors (Lipinski definition) is 2. The second kappa shape index (κ2) is 8.73. The highest BCUT2D eigenvalue weighted by atomic mass is 35.5. The average molecular weight is 244 g/mol. The zero-order valence-corrected chi connectivity index (χ0v) is 10.5. The van der Waals surface area contributed by atoms with Crippen molar-refractivity contribution in [3.8, 4) is 0 Å². The summed E-state index contributed by atoms with van der Waals surface area (Å²) in [5, 5.41) is 7.01. The Kier molecular flexibility index (Phi) is 9.21. The number of amides is 1. The van der Waals surface area contributed by atoms with Crippen LogP contribution in [-0.2, 0) is 4.79 Å². The summed E-state index contributed by atoms with van der Waals surface area (Å²) in [5.41, 5.74) is 5.97. The molecule has 1 aromatic carbocycles.